The van der Waals surface area contributed by atoms with Crippen LogP contribution in [0.3, 0.4) is 0 Å². The molecule has 3 N–H and O–H groups in total. The quantitative estimate of drug-likeness (QED) is 0.175. The number of rotatable bonds is 23. The van der Waals surface area contributed by atoms with Crippen molar-refractivity contribution >= 4 is 11.9 Å². The van der Waals surface area contributed by atoms with Crippen LogP contribution in [0.4, 0.5) is 0 Å². The normalized spacial score (nSPS) is 14.4. The highest BCUT2D eigenvalue weighted by Crippen LogP contribution is 2.06. The molecule has 11 nitrogen and oxygen atoms in total. The molecule has 0 unspecified atom stereocenters. The number of hydrogen-bond acceptors (Lipinski definition) is 9. The third kappa shape index (κ3) is 21.0. The number of amides is 1. The second kappa shape index (κ2) is 22.5. The third-order valence-electron chi connectivity index (χ3n) is 4.71. The summed E-state index contributed by atoms with van der Waals surface area (Å²) < 4.78 is 32.9. The first-order valence-electron chi connectivity index (χ1n) is 11.9. The zero-order valence-electron chi connectivity index (χ0n) is 19.7. The Morgan fingerprint density at radius 1 is 0.727 bits per heavy atom. The van der Waals surface area contributed by atoms with Crippen molar-refractivity contribution in [2.75, 3.05) is 92.3 Å². The number of nitrogens with one attached hydrogen (secondary N) is 2. The van der Waals surface area contributed by atoms with Crippen molar-refractivity contribution in [1.82, 2.24) is 10.6 Å². The van der Waals surface area contributed by atoms with E-state index in [1.807, 2.05) is 0 Å². The molecular formula is C22H42N2O9. The van der Waals surface area contributed by atoms with Crippen LogP contribution in [-0.2, 0) is 38.0 Å². The molecule has 0 atom stereocenters. The van der Waals surface area contributed by atoms with Gasteiger partial charge in [-0.05, 0) is 32.4 Å². The fourth-order valence-electron chi connectivity index (χ4n) is 2.93. The van der Waals surface area contributed by atoms with Gasteiger partial charge in [0.25, 0.3) is 0 Å². The summed E-state index contributed by atoms with van der Waals surface area (Å²) in [5.41, 5.74) is 0. The van der Waals surface area contributed by atoms with Crippen molar-refractivity contribution in [1.29, 1.82) is 0 Å². The van der Waals surface area contributed by atoms with Gasteiger partial charge in [0.2, 0.25) is 5.91 Å². The van der Waals surface area contributed by atoms with E-state index >= 15 is 0 Å². The lowest BCUT2D eigenvalue weighted by molar-refractivity contribution is -0.138. The lowest BCUT2D eigenvalue weighted by atomic mass is 10.1. The topological polar surface area (TPSA) is 134 Å². The predicted molar refractivity (Wildman–Crippen MR) is 120 cm³/mol. The van der Waals surface area contributed by atoms with Crippen LogP contribution < -0.4 is 10.6 Å². The van der Waals surface area contributed by atoms with E-state index in [9.17, 15) is 9.59 Å². The molecule has 1 heterocycles. The molecule has 33 heavy (non-hydrogen) atoms. The second-order valence-electron chi connectivity index (χ2n) is 7.48. The van der Waals surface area contributed by atoms with E-state index in [0.29, 0.717) is 91.7 Å². The highest BCUT2D eigenvalue weighted by Gasteiger charge is 2.12. The van der Waals surface area contributed by atoms with Crippen molar-refractivity contribution in [3.8, 4) is 0 Å². The molecule has 1 aliphatic heterocycles. The Bertz CT molecular complexity index is 477. The Morgan fingerprint density at radius 3 is 1.73 bits per heavy atom. The first kappa shape index (κ1) is 29.7. The third-order valence-corrected chi connectivity index (χ3v) is 4.71. The van der Waals surface area contributed by atoms with Crippen LogP contribution in [0.5, 0.6) is 0 Å². The van der Waals surface area contributed by atoms with Crippen molar-refractivity contribution < 1.29 is 43.1 Å². The van der Waals surface area contributed by atoms with Crippen molar-refractivity contribution in [3.05, 3.63) is 0 Å². The molecule has 1 saturated heterocycles. The van der Waals surface area contributed by atoms with E-state index in [1.54, 1.807) is 0 Å². The minimum atomic E-state index is -0.974. The van der Waals surface area contributed by atoms with E-state index < -0.39 is 5.97 Å². The van der Waals surface area contributed by atoms with Crippen LogP contribution in [0.15, 0.2) is 0 Å². The minimum absolute atomic E-state index is 0.00129. The Hall–Kier alpha value is -1.34. The van der Waals surface area contributed by atoms with Gasteiger partial charge < -0.3 is 44.2 Å². The maximum atomic E-state index is 11.3. The average molecular weight is 479 g/mol. The van der Waals surface area contributed by atoms with Crippen LogP contribution in [0.1, 0.15) is 32.1 Å². The summed E-state index contributed by atoms with van der Waals surface area (Å²) >= 11 is 0. The van der Waals surface area contributed by atoms with Gasteiger partial charge in [-0.15, -0.1) is 0 Å². The standard InChI is InChI=1S/C22H42N2O9/c25-21(2-3-22(26)27)24-6-1-9-28-10-11-29-12-13-30-14-15-31-16-17-32-18-19-33-20-4-7-23-8-5-20/h20,23H,1-19H2,(H,24,25)(H,26,27). The fourth-order valence-corrected chi connectivity index (χ4v) is 2.93. The van der Waals surface area contributed by atoms with Crippen molar-refractivity contribution in [2.24, 2.45) is 0 Å². The fraction of sp³-hybridized carbons (Fsp3) is 0.909. The van der Waals surface area contributed by atoms with Crippen LogP contribution in [0.25, 0.3) is 0 Å². The molecule has 1 aliphatic rings. The largest absolute Gasteiger partial charge is 0.481 e. The van der Waals surface area contributed by atoms with Gasteiger partial charge in [-0.3, -0.25) is 9.59 Å². The van der Waals surface area contributed by atoms with Crippen LogP contribution in [0.2, 0.25) is 0 Å². The molecule has 0 aromatic carbocycles. The zero-order chi connectivity index (χ0) is 23.8. The van der Waals surface area contributed by atoms with E-state index in [2.05, 4.69) is 10.6 Å². The van der Waals surface area contributed by atoms with Gasteiger partial charge in [0.1, 0.15) is 0 Å². The summed E-state index contributed by atoms with van der Waals surface area (Å²) in [6, 6.07) is 0. The smallest absolute Gasteiger partial charge is 0.303 e. The molecule has 1 amide bonds. The number of piperidine rings is 1. The van der Waals surface area contributed by atoms with E-state index in [-0.39, 0.29) is 18.7 Å². The van der Waals surface area contributed by atoms with Crippen LogP contribution in [0, 0.1) is 0 Å². The minimum Gasteiger partial charge on any atom is -0.481 e. The summed E-state index contributed by atoms with van der Waals surface area (Å²) in [4.78, 5) is 21.7. The van der Waals surface area contributed by atoms with Gasteiger partial charge in [-0.1, -0.05) is 0 Å². The number of carbonyl (C=O) groups excluding carboxylic acids is 1. The SMILES string of the molecule is O=C(O)CCC(=O)NCCCOCCOCCOCCOCCOCCOC1CCNCC1. The molecule has 0 aliphatic carbocycles. The molecule has 0 spiro atoms. The Balaban J connectivity index is 1.67. The second-order valence-corrected chi connectivity index (χ2v) is 7.48. The van der Waals surface area contributed by atoms with E-state index in [1.165, 1.54) is 0 Å². The lowest BCUT2D eigenvalue weighted by Crippen LogP contribution is -2.33. The first-order chi connectivity index (χ1) is 16.2. The Kier molecular flexibility index (Phi) is 20.2. The number of carboxylic acids is 1. The maximum absolute atomic E-state index is 11.3. The molecule has 0 saturated carbocycles. The average Bonchev–Trinajstić information content (AvgIpc) is 2.82. The van der Waals surface area contributed by atoms with Crippen molar-refractivity contribution in [3.63, 3.8) is 0 Å². The predicted octanol–water partition coefficient (Wildman–Crippen LogP) is 0.209. The number of carboxylic acid groups (broad SMARTS) is 1. The molecule has 0 aromatic rings. The summed E-state index contributed by atoms with van der Waals surface area (Å²) in [5, 5.41) is 14.5. The first-order valence-corrected chi connectivity index (χ1v) is 11.9. The Labute approximate surface area is 196 Å². The molecule has 1 rings (SSSR count). The molecular weight excluding hydrogens is 436 g/mol. The van der Waals surface area contributed by atoms with Gasteiger partial charge in [0, 0.05) is 19.6 Å². The van der Waals surface area contributed by atoms with Crippen molar-refractivity contribution in [2.45, 2.75) is 38.2 Å². The number of carbonyl (C=O) groups is 2. The molecule has 0 radical (unpaired) electrons. The van der Waals surface area contributed by atoms with Crippen LogP contribution >= 0.6 is 0 Å². The van der Waals surface area contributed by atoms with Gasteiger partial charge in [-0.25, -0.2) is 0 Å². The number of hydrogen-bond donors (Lipinski definition) is 3. The summed E-state index contributed by atoms with van der Waals surface area (Å²) in [7, 11) is 0. The monoisotopic (exact) mass is 478 g/mol. The van der Waals surface area contributed by atoms with Gasteiger partial charge in [0.15, 0.2) is 0 Å². The number of aliphatic carboxylic acids is 1. The Morgan fingerprint density at radius 2 is 1.21 bits per heavy atom. The summed E-state index contributed by atoms with van der Waals surface area (Å²) in [5.74, 6) is -1.23. The van der Waals surface area contributed by atoms with Gasteiger partial charge in [0.05, 0.1) is 78.6 Å². The van der Waals surface area contributed by atoms with Gasteiger partial charge >= 0.3 is 5.97 Å². The molecule has 0 bridgehead atoms. The highest BCUT2D eigenvalue weighted by molar-refractivity contribution is 5.80. The summed E-state index contributed by atoms with van der Waals surface area (Å²) in [6.45, 7) is 8.32. The van der Waals surface area contributed by atoms with Crippen LogP contribution in [-0.4, -0.2) is 115 Å². The molecule has 11 heteroatoms. The molecule has 194 valence electrons. The molecule has 1 fully saturated rings. The van der Waals surface area contributed by atoms with E-state index in [4.69, 9.17) is 33.5 Å². The lowest BCUT2D eigenvalue weighted by Gasteiger charge is -2.22. The molecule has 0 aromatic heterocycles. The number of ether oxygens (including phenoxy) is 6. The highest BCUT2D eigenvalue weighted by atomic mass is 16.6. The summed E-state index contributed by atoms with van der Waals surface area (Å²) in [6.07, 6.45) is 3.03. The van der Waals surface area contributed by atoms with E-state index in [0.717, 1.165) is 25.9 Å². The maximum Gasteiger partial charge on any atom is 0.303 e. The van der Waals surface area contributed by atoms with Gasteiger partial charge in [-0.2, -0.15) is 0 Å². The zero-order valence-corrected chi connectivity index (χ0v) is 19.7.